The largest absolute Gasteiger partial charge is 0.461 e. The van der Waals surface area contributed by atoms with E-state index in [4.69, 9.17) is 28.4 Å². The van der Waals surface area contributed by atoms with Crippen LogP contribution in [0, 0.1) is 0 Å². The Morgan fingerprint density at radius 1 is 0.639 bits per heavy atom. The molecule has 36 heavy (non-hydrogen) atoms. The lowest BCUT2D eigenvalue weighted by atomic mass is 9.95. The van der Waals surface area contributed by atoms with Crippen molar-refractivity contribution >= 4 is 11.9 Å². The maximum absolute atomic E-state index is 12.7. The highest BCUT2D eigenvalue weighted by atomic mass is 16.6. The Hall–Kier alpha value is -1.22. The first-order valence-corrected chi connectivity index (χ1v) is 13.6. The average molecular weight is 517 g/mol. The topological polar surface area (TPSA) is 89.5 Å². The Morgan fingerprint density at radius 2 is 0.972 bits per heavy atom. The maximum atomic E-state index is 12.7. The number of rotatable bonds is 14. The van der Waals surface area contributed by atoms with E-state index in [2.05, 4.69) is 0 Å². The third kappa shape index (κ3) is 12.8. The molecule has 0 bridgehead atoms. The molecule has 1 rings (SSSR count). The van der Waals surface area contributed by atoms with E-state index in [0.29, 0.717) is 0 Å². The zero-order valence-electron chi connectivity index (χ0n) is 24.4. The summed E-state index contributed by atoms with van der Waals surface area (Å²) in [4.78, 5) is 25.4. The molecular formula is C28H52O8. The van der Waals surface area contributed by atoms with Gasteiger partial charge in [0.15, 0.2) is 11.2 Å². The minimum atomic E-state index is -1.06. The maximum Gasteiger partial charge on any atom is 0.337 e. The molecule has 1 aliphatic rings. The summed E-state index contributed by atoms with van der Waals surface area (Å²) in [5.41, 5.74) is -2.12. The number of hydrogen-bond donors (Lipinski definition) is 0. The summed E-state index contributed by atoms with van der Waals surface area (Å²) < 4.78 is 34.7. The highest BCUT2D eigenvalue weighted by Gasteiger charge is 2.37. The summed E-state index contributed by atoms with van der Waals surface area (Å²) in [7, 11) is 0. The Kier molecular flexibility index (Phi) is 13.9. The molecule has 0 N–H and O–H groups in total. The van der Waals surface area contributed by atoms with Gasteiger partial charge in [0.2, 0.25) is 0 Å². The second kappa shape index (κ2) is 15.3. The van der Waals surface area contributed by atoms with Crippen LogP contribution in [0.25, 0.3) is 0 Å². The lowest BCUT2D eigenvalue weighted by Crippen LogP contribution is -2.43. The zero-order valence-corrected chi connectivity index (χ0v) is 24.4. The highest BCUT2D eigenvalue weighted by molar-refractivity contribution is 5.79. The number of hydrogen-bond acceptors (Lipinski definition) is 8. The quantitative estimate of drug-likeness (QED) is 0.284. The van der Waals surface area contributed by atoms with Crippen LogP contribution in [0.4, 0.5) is 0 Å². The smallest absolute Gasteiger partial charge is 0.337 e. The van der Waals surface area contributed by atoms with E-state index in [1.165, 1.54) is 0 Å². The van der Waals surface area contributed by atoms with Gasteiger partial charge < -0.3 is 28.4 Å². The molecule has 0 heterocycles. The predicted octanol–water partition coefficient (Wildman–Crippen LogP) is 5.38. The second-order valence-electron chi connectivity index (χ2n) is 11.5. The van der Waals surface area contributed by atoms with Gasteiger partial charge in [0.1, 0.15) is 13.2 Å². The van der Waals surface area contributed by atoms with Crippen LogP contribution in [0.15, 0.2) is 0 Å². The van der Waals surface area contributed by atoms with Crippen LogP contribution in [-0.2, 0) is 38.0 Å². The van der Waals surface area contributed by atoms with Gasteiger partial charge >= 0.3 is 11.9 Å². The van der Waals surface area contributed by atoms with Crippen molar-refractivity contribution in [1.29, 1.82) is 0 Å². The van der Waals surface area contributed by atoms with Crippen molar-refractivity contribution in [3.8, 4) is 0 Å². The number of esters is 2. The molecule has 0 spiro atoms. The van der Waals surface area contributed by atoms with Crippen LogP contribution < -0.4 is 0 Å². The molecule has 8 nitrogen and oxygen atoms in total. The molecule has 0 aromatic heterocycles. The third-order valence-electron chi connectivity index (χ3n) is 5.93. The summed E-state index contributed by atoms with van der Waals surface area (Å²) in [6, 6.07) is 0. The zero-order chi connectivity index (χ0) is 27.5. The Bertz CT molecular complexity index is 602. The molecule has 1 aliphatic carbocycles. The molecule has 212 valence electrons. The molecule has 0 amide bonds. The predicted molar refractivity (Wildman–Crippen MR) is 139 cm³/mol. The first kappa shape index (κ1) is 32.8. The van der Waals surface area contributed by atoms with Gasteiger partial charge in [-0.1, -0.05) is 12.8 Å². The van der Waals surface area contributed by atoms with E-state index in [1.54, 1.807) is 27.7 Å². The van der Waals surface area contributed by atoms with Crippen LogP contribution in [0.1, 0.15) is 108 Å². The average Bonchev–Trinajstić information content (AvgIpc) is 2.73. The summed E-state index contributed by atoms with van der Waals surface area (Å²) in [5.74, 6) is -0.785. The normalized spacial score (nSPS) is 21.6. The molecule has 0 aliphatic heterocycles. The van der Waals surface area contributed by atoms with Gasteiger partial charge in [0.05, 0.1) is 36.6 Å². The van der Waals surface area contributed by atoms with Gasteiger partial charge in [0.25, 0.3) is 0 Å². The van der Waals surface area contributed by atoms with E-state index >= 15 is 0 Å². The molecule has 0 radical (unpaired) electrons. The molecule has 0 aromatic rings. The number of ether oxygens (including phenoxy) is 6. The lowest BCUT2D eigenvalue weighted by Gasteiger charge is -2.34. The minimum absolute atomic E-state index is 0.0716. The lowest BCUT2D eigenvalue weighted by molar-refractivity contribution is -0.185. The molecule has 1 saturated carbocycles. The second-order valence-corrected chi connectivity index (χ2v) is 11.5. The van der Waals surface area contributed by atoms with Gasteiger partial charge in [-0.2, -0.15) is 0 Å². The van der Waals surface area contributed by atoms with Crippen LogP contribution in [-0.4, -0.2) is 73.0 Å². The molecule has 0 aromatic carbocycles. The first-order chi connectivity index (χ1) is 16.6. The summed E-state index contributed by atoms with van der Waals surface area (Å²) in [6.45, 7) is 18.9. The molecule has 4 unspecified atom stereocenters. The van der Waals surface area contributed by atoms with Crippen LogP contribution in [0.2, 0.25) is 0 Å². The van der Waals surface area contributed by atoms with E-state index in [-0.39, 0.29) is 49.8 Å². The van der Waals surface area contributed by atoms with E-state index < -0.39 is 23.1 Å². The van der Waals surface area contributed by atoms with Crippen molar-refractivity contribution in [3.05, 3.63) is 0 Å². The standard InChI is InChI=1S/C28H52O8/c1-19(2)33-21(5)17-31-25(29)27(7,8)35-23-13-11-12-14-24(16-15-23)36-28(9,10)26(30)32-18-22(6)34-20(3)4/h19-24H,11-18H2,1-10H3. The van der Waals surface area contributed by atoms with Crippen molar-refractivity contribution < 1.29 is 38.0 Å². The fraction of sp³-hybridized carbons (Fsp3) is 0.929. The van der Waals surface area contributed by atoms with Gasteiger partial charge in [0, 0.05) is 0 Å². The summed E-state index contributed by atoms with van der Waals surface area (Å²) in [5, 5.41) is 0. The Morgan fingerprint density at radius 3 is 1.28 bits per heavy atom. The SMILES string of the molecule is CC(C)OC(C)COC(=O)C(C)(C)OC1CCCCC(OC(C)(C)C(=O)OCC(C)OC(C)C)CC1. The molecule has 1 fully saturated rings. The fourth-order valence-electron chi connectivity index (χ4n) is 4.31. The fourth-order valence-corrected chi connectivity index (χ4v) is 4.31. The number of carbonyl (C=O) groups is 2. The summed E-state index contributed by atoms with van der Waals surface area (Å²) >= 11 is 0. The first-order valence-electron chi connectivity index (χ1n) is 13.6. The third-order valence-corrected chi connectivity index (χ3v) is 5.93. The number of carbonyl (C=O) groups excluding carboxylic acids is 2. The van der Waals surface area contributed by atoms with Crippen LogP contribution >= 0.6 is 0 Å². The van der Waals surface area contributed by atoms with Crippen LogP contribution in [0.3, 0.4) is 0 Å². The van der Waals surface area contributed by atoms with Gasteiger partial charge in [-0.3, -0.25) is 0 Å². The van der Waals surface area contributed by atoms with Crippen molar-refractivity contribution in [2.24, 2.45) is 0 Å². The van der Waals surface area contributed by atoms with Crippen molar-refractivity contribution in [2.75, 3.05) is 13.2 Å². The molecular weight excluding hydrogens is 464 g/mol. The van der Waals surface area contributed by atoms with Crippen molar-refractivity contribution in [3.63, 3.8) is 0 Å². The van der Waals surface area contributed by atoms with Gasteiger partial charge in [-0.05, 0) is 94.9 Å². The van der Waals surface area contributed by atoms with E-state index in [9.17, 15) is 9.59 Å². The molecule has 8 heteroatoms. The highest BCUT2D eigenvalue weighted by Crippen LogP contribution is 2.28. The molecule has 0 saturated heterocycles. The monoisotopic (exact) mass is 516 g/mol. The van der Waals surface area contributed by atoms with Crippen LogP contribution in [0.5, 0.6) is 0 Å². The van der Waals surface area contributed by atoms with Gasteiger partial charge in [-0.15, -0.1) is 0 Å². The van der Waals surface area contributed by atoms with Gasteiger partial charge in [-0.25, -0.2) is 9.59 Å². The molecule has 4 atom stereocenters. The van der Waals surface area contributed by atoms with E-state index in [1.807, 2.05) is 41.5 Å². The van der Waals surface area contributed by atoms with Crippen molar-refractivity contribution in [1.82, 2.24) is 0 Å². The van der Waals surface area contributed by atoms with E-state index in [0.717, 1.165) is 38.5 Å². The Labute approximate surface area is 219 Å². The van der Waals surface area contributed by atoms with Crippen molar-refractivity contribution in [2.45, 2.75) is 156 Å². The summed E-state index contributed by atoms with van der Waals surface area (Å²) in [6.07, 6.45) is 4.75. The Balaban J connectivity index is 2.58. The minimum Gasteiger partial charge on any atom is -0.461 e.